The van der Waals surface area contributed by atoms with Crippen LogP contribution in [0.15, 0.2) is 39.9 Å². The van der Waals surface area contributed by atoms with Gasteiger partial charge >= 0.3 is 5.69 Å². The highest BCUT2D eigenvalue weighted by Crippen LogP contribution is 2.30. The van der Waals surface area contributed by atoms with Crippen molar-refractivity contribution >= 4 is 17.3 Å². The van der Waals surface area contributed by atoms with E-state index in [1.807, 2.05) is 6.92 Å². The van der Waals surface area contributed by atoms with Crippen LogP contribution in [0.1, 0.15) is 31.4 Å². The zero-order valence-corrected chi connectivity index (χ0v) is 21.7. The van der Waals surface area contributed by atoms with Crippen LogP contribution in [0, 0.1) is 5.82 Å². The first kappa shape index (κ1) is 28.1. The lowest BCUT2D eigenvalue weighted by atomic mass is 10.0. The summed E-state index contributed by atoms with van der Waals surface area (Å²) in [5, 5.41) is -0.0433. The highest BCUT2D eigenvalue weighted by atomic mass is 19.1. The molecule has 0 atom stereocenters. The number of hydrogen-bond acceptors (Lipinski definition) is 6. The van der Waals surface area contributed by atoms with Crippen LogP contribution >= 0.6 is 0 Å². The Labute approximate surface area is 222 Å². The molecule has 2 heterocycles. The van der Waals surface area contributed by atoms with Gasteiger partial charge in [-0.25, -0.2) is 18.0 Å². The van der Waals surface area contributed by atoms with Gasteiger partial charge in [-0.05, 0) is 43.5 Å². The summed E-state index contributed by atoms with van der Waals surface area (Å²) >= 11 is 0. The minimum atomic E-state index is -1.53. The summed E-state index contributed by atoms with van der Waals surface area (Å²) in [4.78, 5) is 40.2. The maximum absolute atomic E-state index is 15.0. The van der Waals surface area contributed by atoms with E-state index < -0.39 is 48.3 Å². The molecule has 210 valence electrons. The number of methoxy groups -OCH3 is 1. The molecule has 1 saturated heterocycles. The van der Waals surface area contributed by atoms with E-state index in [1.54, 1.807) is 23.1 Å². The summed E-state index contributed by atoms with van der Waals surface area (Å²) in [6.45, 7) is 0.507. The molecule has 39 heavy (non-hydrogen) atoms. The highest BCUT2D eigenvalue weighted by Gasteiger charge is 2.26. The maximum Gasteiger partial charge on any atom is 0.332 e. The number of piperidine rings is 1. The Kier molecular flexibility index (Phi) is 8.82. The number of ether oxygens (including phenoxy) is 3. The van der Waals surface area contributed by atoms with Crippen LogP contribution in [-0.2, 0) is 11.3 Å². The number of halogens is 3. The van der Waals surface area contributed by atoms with Crippen molar-refractivity contribution in [1.82, 2.24) is 14.0 Å². The number of carbonyl (C=O) groups excluding carboxylic acids is 1. The fourth-order valence-corrected chi connectivity index (χ4v) is 4.76. The molecular formula is C27H30F3N3O6. The van der Waals surface area contributed by atoms with E-state index in [0.29, 0.717) is 49.6 Å². The fraction of sp³-hybridized carbons (Fsp3) is 0.444. The Morgan fingerprint density at radius 1 is 1.05 bits per heavy atom. The van der Waals surface area contributed by atoms with E-state index in [2.05, 4.69) is 0 Å². The number of carbonyl (C=O) groups is 1. The van der Waals surface area contributed by atoms with Gasteiger partial charge in [-0.15, -0.1) is 0 Å². The Balaban J connectivity index is 1.88. The second-order valence-corrected chi connectivity index (χ2v) is 9.18. The van der Waals surface area contributed by atoms with E-state index in [4.69, 9.17) is 14.2 Å². The largest absolute Gasteiger partial charge is 0.493 e. The Morgan fingerprint density at radius 2 is 1.77 bits per heavy atom. The van der Waals surface area contributed by atoms with E-state index in [-0.39, 0.29) is 17.4 Å². The van der Waals surface area contributed by atoms with E-state index in [0.717, 1.165) is 23.1 Å². The van der Waals surface area contributed by atoms with Crippen molar-refractivity contribution in [2.45, 2.75) is 38.5 Å². The van der Waals surface area contributed by atoms with Crippen LogP contribution in [0.5, 0.6) is 17.2 Å². The summed E-state index contributed by atoms with van der Waals surface area (Å²) < 4.78 is 59.7. The molecule has 2 aromatic carbocycles. The SMILES string of the molecule is CCOc1ccc(Cn2c(=O)c3cc(OC(CF)CF)c(F)cc3n(C3CCN(C=O)CC3)c2=O)cc1OC. The first-order valence-corrected chi connectivity index (χ1v) is 12.6. The monoisotopic (exact) mass is 549 g/mol. The molecule has 1 aromatic heterocycles. The van der Waals surface area contributed by atoms with Gasteiger partial charge in [0.25, 0.3) is 5.56 Å². The minimum absolute atomic E-state index is 0.0389. The van der Waals surface area contributed by atoms with Crippen molar-refractivity contribution in [3.05, 3.63) is 62.6 Å². The smallest absolute Gasteiger partial charge is 0.332 e. The second kappa shape index (κ2) is 12.3. The van der Waals surface area contributed by atoms with Crippen molar-refractivity contribution in [3.63, 3.8) is 0 Å². The van der Waals surface area contributed by atoms with Gasteiger partial charge in [-0.3, -0.25) is 18.7 Å². The molecule has 4 rings (SSSR count). The van der Waals surface area contributed by atoms with Gasteiger partial charge in [0.05, 0.1) is 31.2 Å². The number of amides is 1. The maximum atomic E-state index is 15.0. The van der Waals surface area contributed by atoms with Crippen LogP contribution < -0.4 is 25.5 Å². The van der Waals surface area contributed by atoms with Crippen molar-refractivity contribution in [3.8, 4) is 17.2 Å². The Morgan fingerprint density at radius 3 is 2.38 bits per heavy atom. The summed E-state index contributed by atoms with van der Waals surface area (Å²) in [6, 6.07) is 6.66. The van der Waals surface area contributed by atoms with E-state index in [9.17, 15) is 23.2 Å². The number of nitrogens with zero attached hydrogens (tertiary/aromatic N) is 3. The first-order chi connectivity index (χ1) is 18.8. The minimum Gasteiger partial charge on any atom is -0.493 e. The molecule has 0 spiro atoms. The average Bonchev–Trinajstić information content (AvgIpc) is 2.95. The number of rotatable bonds is 11. The summed E-state index contributed by atoms with van der Waals surface area (Å²) in [7, 11) is 1.47. The third kappa shape index (κ3) is 5.74. The number of benzene rings is 2. The molecule has 0 radical (unpaired) electrons. The molecule has 1 amide bonds. The number of aromatic nitrogens is 2. The summed E-state index contributed by atoms with van der Waals surface area (Å²) in [5.41, 5.74) is -0.753. The van der Waals surface area contributed by atoms with Crippen molar-refractivity contribution in [2.75, 3.05) is 40.2 Å². The van der Waals surface area contributed by atoms with Gasteiger partial charge in [-0.1, -0.05) is 6.07 Å². The Hall–Kier alpha value is -3.96. The molecular weight excluding hydrogens is 519 g/mol. The quantitative estimate of drug-likeness (QED) is 0.341. The van der Waals surface area contributed by atoms with Crippen LogP contribution in [0.25, 0.3) is 10.9 Å². The standard InChI is InChI=1S/C27H30F3N3O6/c1-3-38-23-5-4-17(10-25(23)37-2)15-32-26(35)20-11-24(39-19(13-28)14-29)21(30)12-22(20)33(27(32)36)18-6-8-31(16-34)9-7-18/h4-5,10-12,16,18-19H,3,6-9,13-15H2,1-2H3. The zero-order valence-electron chi connectivity index (χ0n) is 21.7. The molecule has 3 aromatic rings. The molecule has 0 saturated carbocycles. The third-order valence-corrected chi connectivity index (χ3v) is 6.74. The van der Waals surface area contributed by atoms with Crippen LogP contribution in [0.2, 0.25) is 0 Å². The zero-order chi connectivity index (χ0) is 28.1. The molecule has 0 N–H and O–H groups in total. The van der Waals surface area contributed by atoms with Crippen LogP contribution in [0.3, 0.4) is 0 Å². The number of fused-ring (bicyclic) bond motifs is 1. The molecule has 1 fully saturated rings. The lowest BCUT2D eigenvalue weighted by molar-refractivity contribution is -0.119. The molecule has 0 unspecified atom stereocenters. The normalized spacial score (nSPS) is 14.2. The van der Waals surface area contributed by atoms with Crippen LogP contribution in [-0.4, -0.2) is 66.7 Å². The summed E-state index contributed by atoms with van der Waals surface area (Å²) in [5.74, 6) is -0.524. The summed E-state index contributed by atoms with van der Waals surface area (Å²) in [6.07, 6.45) is 0.0180. The molecule has 9 nitrogen and oxygen atoms in total. The van der Waals surface area contributed by atoms with Gasteiger partial charge in [-0.2, -0.15) is 0 Å². The molecule has 12 heteroatoms. The van der Waals surface area contributed by atoms with Crippen molar-refractivity contribution < 1.29 is 32.2 Å². The van der Waals surface area contributed by atoms with E-state index in [1.165, 1.54) is 11.7 Å². The lowest BCUT2D eigenvalue weighted by Crippen LogP contribution is -2.44. The fourth-order valence-electron chi connectivity index (χ4n) is 4.76. The number of likely N-dealkylation sites (tertiary alicyclic amines) is 1. The predicted octanol–water partition coefficient (Wildman–Crippen LogP) is 3.24. The predicted molar refractivity (Wildman–Crippen MR) is 138 cm³/mol. The van der Waals surface area contributed by atoms with Crippen LogP contribution in [0.4, 0.5) is 13.2 Å². The van der Waals surface area contributed by atoms with Gasteiger partial charge in [0.15, 0.2) is 29.2 Å². The Bertz CT molecular complexity index is 1450. The lowest BCUT2D eigenvalue weighted by Gasteiger charge is -2.31. The molecule has 0 bridgehead atoms. The van der Waals surface area contributed by atoms with E-state index >= 15 is 4.39 Å². The highest BCUT2D eigenvalue weighted by molar-refractivity contribution is 5.80. The topological polar surface area (TPSA) is 92.0 Å². The number of hydrogen-bond donors (Lipinski definition) is 0. The van der Waals surface area contributed by atoms with Gasteiger partial charge < -0.3 is 19.1 Å². The molecule has 1 aliphatic heterocycles. The first-order valence-electron chi connectivity index (χ1n) is 12.6. The van der Waals surface area contributed by atoms with Gasteiger partial charge in [0, 0.05) is 25.2 Å². The third-order valence-electron chi connectivity index (χ3n) is 6.74. The van der Waals surface area contributed by atoms with Crippen molar-refractivity contribution in [2.24, 2.45) is 0 Å². The average molecular weight is 550 g/mol. The number of alkyl halides is 2. The molecule has 1 aliphatic rings. The van der Waals surface area contributed by atoms with Crippen molar-refractivity contribution in [1.29, 1.82) is 0 Å². The van der Waals surface area contributed by atoms with Gasteiger partial charge in [0.2, 0.25) is 6.41 Å². The second-order valence-electron chi connectivity index (χ2n) is 9.18. The van der Waals surface area contributed by atoms with Gasteiger partial charge in [0.1, 0.15) is 13.3 Å². The molecule has 0 aliphatic carbocycles.